The van der Waals surface area contributed by atoms with Crippen LogP contribution in [-0.4, -0.2) is 59.9 Å². The molecule has 0 unspecified atom stereocenters. The minimum atomic E-state index is -0.293. The van der Waals surface area contributed by atoms with Crippen LogP contribution in [0.2, 0.25) is 0 Å². The maximum absolute atomic E-state index is 12.6. The van der Waals surface area contributed by atoms with Crippen LogP contribution < -0.4 is 19.7 Å². The van der Waals surface area contributed by atoms with Gasteiger partial charge in [0.15, 0.2) is 11.5 Å². The van der Waals surface area contributed by atoms with Gasteiger partial charge in [-0.1, -0.05) is 11.3 Å². The third-order valence-electron chi connectivity index (χ3n) is 4.04. The van der Waals surface area contributed by atoms with E-state index >= 15 is 0 Å². The van der Waals surface area contributed by atoms with Crippen molar-refractivity contribution >= 4 is 34.1 Å². The number of benzene rings is 1. The number of hydrogen-bond donors (Lipinski definition) is 1. The van der Waals surface area contributed by atoms with Crippen molar-refractivity contribution in [2.24, 2.45) is 0 Å². The number of carbonyl (C=O) groups excluding carboxylic acids is 2. The molecule has 1 fully saturated rings. The van der Waals surface area contributed by atoms with Gasteiger partial charge < -0.3 is 14.4 Å². The number of rotatable bonds is 4. The lowest BCUT2D eigenvalue weighted by atomic mass is 10.2. The number of carbonyl (C=O) groups is 2. The van der Waals surface area contributed by atoms with E-state index in [0.717, 1.165) is 10.7 Å². The predicted molar refractivity (Wildman–Crippen MR) is 95.0 cm³/mol. The van der Waals surface area contributed by atoms with Crippen LogP contribution in [0.15, 0.2) is 18.2 Å². The van der Waals surface area contributed by atoms with Gasteiger partial charge in [-0.25, -0.2) is 4.79 Å². The van der Waals surface area contributed by atoms with Crippen LogP contribution in [0.4, 0.5) is 15.6 Å². The number of aryl methyl sites for hydroxylation is 1. The highest BCUT2D eigenvalue weighted by Gasteiger charge is 2.31. The quantitative estimate of drug-likeness (QED) is 0.870. The standard InChI is InChI=1S/C16H17N5O4S/c1-10-18-19-15(26-10)17-14(22)9-20-4-5-21(16(20)23)11-2-3-12-13(8-11)25-7-6-24-12/h2-3,8H,4-7,9H2,1H3,(H,17,19,22). The summed E-state index contributed by atoms with van der Waals surface area (Å²) in [6.45, 7) is 3.76. The molecule has 1 aromatic heterocycles. The number of hydrogen-bond acceptors (Lipinski definition) is 7. The van der Waals surface area contributed by atoms with Crippen molar-refractivity contribution in [1.82, 2.24) is 15.1 Å². The number of nitrogens with one attached hydrogen (secondary N) is 1. The van der Waals surface area contributed by atoms with Gasteiger partial charge in [0.05, 0.1) is 0 Å². The van der Waals surface area contributed by atoms with E-state index < -0.39 is 0 Å². The Kier molecular flexibility index (Phi) is 4.33. The van der Waals surface area contributed by atoms with Crippen LogP contribution in [0.5, 0.6) is 11.5 Å². The Labute approximate surface area is 153 Å². The van der Waals surface area contributed by atoms with E-state index in [1.54, 1.807) is 17.0 Å². The van der Waals surface area contributed by atoms with Gasteiger partial charge in [0.2, 0.25) is 11.0 Å². The van der Waals surface area contributed by atoms with Crippen molar-refractivity contribution in [3.63, 3.8) is 0 Å². The monoisotopic (exact) mass is 375 g/mol. The average Bonchev–Trinajstić information content (AvgIpc) is 3.20. The summed E-state index contributed by atoms with van der Waals surface area (Å²) in [6, 6.07) is 5.19. The summed E-state index contributed by atoms with van der Waals surface area (Å²) >= 11 is 1.29. The zero-order valence-electron chi connectivity index (χ0n) is 14.1. The minimum absolute atomic E-state index is 0.0293. The Morgan fingerprint density at radius 3 is 2.81 bits per heavy atom. The van der Waals surface area contributed by atoms with E-state index in [4.69, 9.17) is 9.47 Å². The Morgan fingerprint density at radius 1 is 1.23 bits per heavy atom. The van der Waals surface area contributed by atoms with E-state index in [0.29, 0.717) is 42.9 Å². The Hall–Kier alpha value is -2.88. The van der Waals surface area contributed by atoms with Crippen molar-refractivity contribution in [3.8, 4) is 11.5 Å². The normalized spacial score (nSPS) is 16.1. The lowest BCUT2D eigenvalue weighted by Crippen LogP contribution is -2.37. The summed E-state index contributed by atoms with van der Waals surface area (Å²) in [4.78, 5) is 27.9. The number of fused-ring (bicyclic) bond motifs is 1. The summed E-state index contributed by atoms with van der Waals surface area (Å²) in [7, 11) is 0. The first-order chi connectivity index (χ1) is 12.6. The van der Waals surface area contributed by atoms with E-state index in [9.17, 15) is 9.59 Å². The molecule has 1 N–H and O–H groups in total. The number of amides is 3. The molecule has 10 heteroatoms. The molecule has 2 aromatic rings. The lowest BCUT2D eigenvalue weighted by Gasteiger charge is -2.22. The zero-order valence-corrected chi connectivity index (χ0v) is 14.9. The molecule has 136 valence electrons. The van der Waals surface area contributed by atoms with Gasteiger partial charge >= 0.3 is 6.03 Å². The zero-order chi connectivity index (χ0) is 18.1. The van der Waals surface area contributed by atoms with Crippen LogP contribution in [0.3, 0.4) is 0 Å². The van der Waals surface area contributed by atoms with Gasteiger partial charge in [0, 0.05) is 24.8 Å². The topological polar surface area (TPSA) is 96.9 Å². The van der Waals surface area contributed by atoms with Gasteiger partial charge in [-0.05, 0) is 19.1 Å². The molecule has 0 radical (unpaired) electrons. The van der Waals surface area contributed by atoms with Gasteiger partial charge in [0.25, 0.3) is 0 Å². The first-order valence-corrected chi connectivity index (χ1v) is 8.98. The maximum Gasteiger partial charge on any atom is 0.325 e. The molecule has 0 aliphatic carbocycles. The summed E-state index contributed by atoms with van der Waals surface area (Å²) in [5.41, 5.74) is 0.724. The fourth-order valence-electron chi connectivity index (χ4n) is 2.85. The van der Waals surface area contributed by atoms with Crippen molar-refractivity contribution < 1.29 is 19.1 Å². The first kappa shape index (κ1) is 16.6. The second-order valence-electron chi connectivity index (χ2n) is 5.86. The highest BCUT2D eigenvalue weighted by molar-refractivity contribution is 7.15. The first-order valence-electron chi connectivity index (χ1n) is 8.16. The molecule has 0 saturated carbocycles. The van der Waals surface area contributed by atoms with Gasteiger partial charge in [-0.15, -0.1) is 10.2 Å². The summed E-state index contributed by atoms with van der Waals surface area (Å²) < 4.78 is 11.1. The second-order valence-corrected chi connectivity index (χ2v) is 7.04. The van der Waals surface area contributed by atoms with Crippen molar-refractivity contribution in [3.05, 3.63) is 23.2 Å². The van der Waals surface area contributed by atoms with Gasteiger partial charge in [-0.3, -0.25) is 15.0 Å². The van der Waals surface area contributed by atoms with Gasteiger partial charge in [0.1, 0.15) is 24.8 Å². The van der Waals surface area contributed by atoms with Crippen LogP contribution in [0, 0.1) is 6.92 Å². The van der Waals surface area contributed by atoms with E-state index in [1.165, 1.54) is 16.2 Å². The van der Waals surface area contributed by atoms with Crippen molar-refractivity contribution in [2.45, 2.75) is 6.92 Å². The minimum Gasteiger partial charge on any atom is -0.486 e. The van der Waals surface area contributed by atoms with Crippen molar-refractivity contribution in [1.29, 1.82) is 0 Å². The molecular weight excluding hydrogens is 358 g/mol. The second kappa shape index (κ2) is 6.79. The van der Waals surface area contributed by atoms with Crippen LogP contribution >= 0.6 is 11.3 Å². The molecule has 1 saturated heterocycles. The Bertz CT molecular complexity index is 855. The van der Waals surface area contributed by atoms with Crippen LogP contribution in [0.25, 0.3) is 0 Å². The summed E-state index contributed by atoms with van der Waals surface area (Å²) in [5.74, 6) is 1.01. The number of aromatic nitrogens is 2. The average molecular weight is 375 g/mol. The highest BCUT2D eigenvalue weighted by Crippen LogP contribution is 2.35. The van der Waals surface area contributed by atoms with Crippen LogP contribution in [0.1, 0.15) is 5.01 Å². The van der Waals surface area contributed by atoms with E-state index in [-0.39, 0.29) is 18.5 Å². The molecule has 9 nitrogen and oxygen atoms in total. The van der Waals surface area contributed by atoms with E-state index in [1.807, 2.05) is 13.0 Å². The molecule has 2 aliphatic heterocycles. The molecule has 1 aromatic carbocycles. The largest absolute Gasteiger partial charge is 0.486 e. The molecular formula is C16H17N5O4S. The molecule has 0 bridgehead atoms. The van der Waals surface area contributed by atoms with Crippen LogP contribution in [-0.2, 0) is 4.79 Å². The molecule has 0 spiro atoms. The maximum atomic E-state index is 12.6. The van der Waals surface area contributed by atoms with E-state index in [2.05, 4.69) is 15.5 Å². The highest BCUT2D eigenvalue weighted by atomic mass is 32.1. The number of anilines is 2. The molecule has 26 heavy (non-hydrogen) atoms. The van der Waals surface area contributed by atoms with Crippen molar-refractivity contribution in [2.75, 3.05) is 43.1 Å². The van der Waals surface area contributed by atoms with Gasteiger partial charge in [-0.2, -0.15) is 0 Å². The number of nitrogens with zero attached hydrogens (tertiary/aromatic N) is 4. The summed E-state index contributed by atoms with van der Waals surface area (Å²) in [5, 5.41) is 11.6. The fraction of sp³-hybridized carbons (Fsp3) is 0.375. The molecule has 2 aliphatic rings. The molecule has 3 amide bonds. The fourth-order valence-corrected chi connectivity index (χ4v) is 3.46. The smallest absolute Gasteiger partial charge is 0.325 e. The number of urea groups is 1. The summed E-state index contributed by atoms with van der Waals surface area (Å²) in [6.07, 6.45) is 0. The third kappa shape index (κ3) is 3.27. The number of ether oxygens (including phenoxy) is 2. The lowest BCUT2D eigenvalue weighted by molar-refractivity contribution is -0.116. The third-order valence-corrected chi connectivity index (χ3v) is 4.79. The predicted octanol–water partition coefficient (Wildman–Crippen LogP) is 1.50. The molecule has 3 heterocycles. The Morgan fingerprint density at radius 2 is 2.04 bits per heavy atom. The SMILES string of the molecule is Cc1nnc(NC(=O)CN2CCN(c3ccc4c(c3)OCCO4)C2=O)s1. The molecule has 0 atom stereocenters. The Balaban J connectivity index is 1.40. The molecule has 4 rings (SSSR count).